The molecule has 0 atom stereocenters. The lowest BCUT2D eigenvalue weighted by atomic mass is 10.3. The molecule has 5 nitrogen and oxygen atoms in total. The van der Waals surface area contributed by atoms with Gasteiger partial charge in [-0.3, -0.25) is 0 Å². The van der Waals surface area contributed by atoms with E-state index in [1.54, 1.807) is 10.9 Å². The molecule has 2 rings (SSSR count). The average molecular weight is 282 g/mol. The number of aromatic nitrogens is 3. The van der Waals surface area contributed by atoms with E-state index in [1.807, 2.05) is 6.92 Å². The first-order valence-electron chi connectivity index (χ1n) is 6.36. The van der Waals surface area contributed by atoms with E-state index in [0.29, 0.717) is 13.1 Å². The first-order valence-corrected chi connectivity index (χ1v) is 6.36. The fourth-order valence-electron chi connectivity index (χ4n) is 1.62. The van der Waals surface area contributed by atoms with Gasteiger partial charge in [-0.25, -0.2) is 13.5 Å². The van der Waals surface area contributed by atoms with Crippen LogP contribution in [0.3, 0.4) is 0 Å². The van der Waals surface area contributed by atoms with Crippen LogP contribution in [0, 0.1) is 11.6 Å². The summed E-state index contributed by atoms with van der Waals surface area (Å²) in [6.07, 6.45) is 1.79. The second kappa shape index (κ2) is 6.95. The molecular weight excluding hydrogens is 266 g/mol. The predicted octanol–water partition coefficient (Wildman–Crippen LogP) is 1.74. The molecule has 0 unspecified atom stereocenters. The molecule has 0 aliphatic carbocycles. The van der Waals surface area contributed by atoms with Gasteiger partial charge in [-0.2, -0.15) is 0 Å². The van der Waals surface area contributed by atoms with Gasteiger partial charge in [-0.15, -0.1) is 5.10 Å². The second-order valence-corrected chi connectivity index (χ2v) is 4.18. The molecular formula is C13H16F2N4O. The van der Waals surface area contributed by atoms with Gasteiger partial charge >= 0.3 is 0 Å². The summed E-state index contributed by atoms with van der Waals surface area (Å²) < 4.78 is 33.0. The number of hydrogen-bond donors (Lipinski definition) is 1. The lowest BCUT2D eigenvalue weighted by Gasteiger charge is -2.06. The van der Waals surface area contributed by atoms with Crippen LogP contribution in [-0.2, 0) is 13.1 Å². The number of hydrogen-bond acceptors (Lipinski definition) is 4. The van der Waals surface area contributed by atoms with E-state index in [1.165, 1.54) is 0 Å². The molecule has 0 fully saturated rings. The Morgan fingerprint density at radius 1 is 1.35 bits per heavy atom. The second-order valence-electron chi connectivity index (χ2n) is 4.18. The highest BCUT2D eigenvalue weighted by atomic mass is 19.1. The number of benzene rings is 1. The Labute approximate surface area is 115 Å². The molecule has 1 aromatic carbocycles. The monoisotopic (exact) mass is 282 g/mol. The van der Waals surface area contributed by atoms with Crippen molar-refractivity contribution in [3.05, 3.63) is 41.7 Å². The van der Waals surface area contributed by atoms with Crippen molar-refractivity contribution in [2.24, 2.45) is 0 Å². The standard InChI is InChI=1S/C13H16F2N4O/c1-2-16-8-11-9-19(18-17-11)5-6-20-13-7-10(14)3-4-12(13)15/h3-4,7,9,16H,2,5-6,8H2,1H3. The van der Waals surface area contributed by atoms with Crippen LogP contribution in [0.25, 0.3) is 0 Å². The Hall–Kier alpha value is -2.02. The minimum Gasteiger partial charge on any atom is -0.488 e. The Kier molecular flexibility index (Phi) is 5.00. The highest BCUT2D eigenvalue weighted by Gasteiger charge is 2.05. The number of nitrogens with one attached hydrogen (secondary N) is 1. The van der Waals surface area contributed by atoms with Gasteiger partial charge in [-0.1, -0.05) is 12.1 Å². The van der Waals surface area contributed by atoms with Gasteiger partial charge in [0.25, 0.3) is 0 Å². The van der Waals surface area contributed by atoms with Crippen LogP contribution in [0.5, 0.6) is 5.75 Å². The molecule has 1 N–H and O–H groups in total. The molecule has 0 aliphatic heterocycles. The lowest BCUT2D eigenvalue weighted by molar-refractivity contribution is 0.275. The van der Waals surface area contributed by atoms with E-state index in [9.17, 15) is 8.78 Å². The third-order valence-corrected chi connectivity index (χ3v) is 2.61. The zero-order chi connectivity index (χ0) is 14.4. The fourth-order valence-corrected chi connectivity index (χ4v) is 1.62. The van der Waals surface area contributed by atoms with Gasteiger partial charge in [0.2, 0.25) is 0 Å². The third kappa shape index (κ3) is 3.99. The molecule has 0 saturated heterocycles. The lowest BCUT2D eigenvalue weighted by Crippen LogP contribution is -2.12. The van der Waals surface area contributed by atoms with Crippen molar-refractivity contribution >= 4 is 0 Å². The summed E-state index contributed by atoms with van der Waals surface area (Å²) in [5.41, 5.74) is 0.823. The summed E-state index contributed by atoms with van der Waals surface area (Å²) in [6.45, 7) is 4.11. The summed E-state index contributed by atoms with van der Waals surface area (Å²) in [7, 11) is 0. The Balaban J connectivity index is 1.83. The molecule has 0 amide bonds. The quantitative estimate of drug-likeness (QED) is 0.840. The van der Waals surface area contributed by atoms with Crippen LogP contribution in [0.4, 0.5) is 8.78 Å². The summed E-state index contributed by atoms with van der Waals surface area (Å²) in [6, 6.07) is 3.11. The van der Waals surface area contributed by atoms with Gasteiger partial charge in [0, 0.05) is 18.8 Å². The molecule has 7 heteroatoms. The maximum atomic E-state index is 13.3. The molecule has 0 aliphatic rings. The highest BCUT2D eigenvalue weighted by molar-refractivity contribution is 5.24. The van der Waals surface area contributed by atoms with E-state index in [2.05, 4.69) is 15.6 Å². The molecule has 0 saturated carbocycles. The van der Waals surface area contributed by atoms with E-state index in [4.69, 9.17) is 4.74 Å². The largest absolute Gasteiger partial charge is 0.488 e. The minimum absolute atomic E-state index is 0.0991. The van der Waals surface area contributed by atoms with Gasteiger partial charge in [0.05, 0.1) is 12.2 Å². The van der Waals surface area contributed by atoms with Gasteiger partial charge in [0.1, 0.15) is 12.4 Å². The summed E-state index contributed by atoms with van der Waals surface area (Å²) in [4.78, 5) is 0. The zero-order valence-corrected chi connectivity index (χ0v) is 11.1. The van der Waals surface area contributed by atoms with Crippen molar-refractivity contribution in [3.8, 4) is 5.75 Å². The van der Waals surface area contributed by atoms with E-state index >= 15 is 0 Å². The molecule has 20 heavy (non-hydrogen) atoms. The van der Waals surface area contributed by atoms with Gasteiger partial charge in [0.15, 0.2) is 11.6 Å². The van der Waals surface area contributed by atoms with Gasteiger partial charge in [-0.05, 0) is 18.7 Å². The van der Waals surface area contributed by atoms with Crippen molar-refractivity contribution in [3.63, 3.8) is 0 Å². The molecule has 108 valence electrons. The van der Waals surface area contributed by atoms with Gasteiger partial charge < -0.3 is 10.1 Å². The first-order chi connectivity index (χ1) is 9.69. The van der Waals surface area contributed by atoms with E-state index < -0.39 is 11.6 Å². The Morgan fingerprint density at radius 2 is 2.20 bits per heavy atom. The number of rotatable bonds is 7. The van der Waals surface area contributed by atoms with Crippen LogP contribution in [0.2, 0.25) is 0 Å². The number of halogens is 2. The average Bonchev–Trinajstić information content (AvgIpc) is 2.88. The summed E-state index contributed by atoms with van der Waals surface area (Å²) in [5.74, 6) is -1.22. The van der Waals surface area contributed by atoms with Crippen molar-refractivity contribution < 1.29 is 13.5 Å². The molecule has 1 aromatic heterocycles. The first kappa shape index (κ1) is 14.4. The normalized spacial score (nSPS) is 10.8. The highest BCUT2D eigenvalue weighted by Crippen LogP contribution is 2.17. The predicted molar refractivity (Wildman–Crippen MR) is 69.3 cm³/mol. The van der Waals surface area contributed by atoms with Crippen LogP contribution in [-0.4, -0.2) is 28.1 Å². The van der Waals surface area contributed by atoms with Crippen LogP contribution >= 0.6 is 0 Å². The summed E-state index contributed by atoms with van der Waals surface area (Å²) in [5, 5.41) is 11.0. The topological polar surface area (TPSA) is 52.0 Å². The maximum absolute atomic E-state index is 13.3. The number of ether oxygens (including phenoxy) is 1. The fraction of sp³-hybridized carbons (Fsp3) is 0.385. The minimum atomic E-state index is -0.585. The summed E-state index contributed by atoms with van der Waals surface area (Å²) >= 11 is 0. The molecule has 0 bridgehead atoms. The van der Waals surface area contributed by atoms with Crippen molar-refractivity contribution in [1.82, 2.24) is 20.3 Å². The Morgan fingerprint density at radius 3 is 3.00 bits per heavy atom. The van der Waals surface area contributed by atoms with Crippen LogP contribution < -0.4 is 10.1 Å². The molecule has 0 spiro atoms. The van der Waals surface area contributed by atoms with E-state index in [-0.39, 0.29) is 12.4 Å². The maximum Gasteiger partial charge on any atom is 0.165 e. The van der Waals surface area contributed by atoms with Crippen molar-refractivity contribution in [2.45, 2.75) is 20.0 Å². The zero-order valence-electron chi connectivity index (χ0n) is 11.1. The SMILES string of the molecule is CCNCc1cn(CCOc2cc(F)ccc2F)nn1. The van der Waals surface area contributed by atoms with E-state index in [0.717, 1.165) is 30.4 Å². The van der Waals surface area contributed by atoms with Crippen molar-refractivity contribution in [1.29, 1.82) is 0 Å². The van der Waals surface area contributed by atoms with Crippen LogP contribution in [0.15, 0.2) is 24.4 Å². The molecule has 1 heterocycles. The Bertz CT molecular complexity index is 559. The molecule has 0 radical (unpaired) electrons. The smallest absolute Gasteiger partial charge is 0.165 e. The molecule has 2 aromatic rings. The number of nitrogens with zero attached hydrogens (tertiary/aromatic N) is 3. The van der Waals surface area contributed by atoms with Crippen LogP contribution in [0.1, 0.15) is 12.6 Å². The third-order valence-electron chi connectivity index (χ3n) is 2.61. The van der Waals surface area contributed by atoms with Crippen molar-refractivity contribution in [2.75, 3.05) is 13.2 Å².